The zero-order valence-electron chi connectivity index (χ0n) is 25.4. The quantitative estimate of drug-likeness (QED) is 0.193. The SMILES string of the molecule is COc1ccc(COc2ccc(Nc3c(C#N)cnc4cc(OC5CCOC5)c(N5CCC(=CC(N)=O)CC5)cc34)cc2Cl)cc1. The molecule has 2 aliphatic heterocycles. The van der Waals surface area contributed by atoms with Crippen LogP contribution >= 0.6 is 11.6 Å². The highest BCUT2D eigenvalue weighted by Crippen LogP contribution is 2.40. The number of aromatic nitrogens is 1. The second kappa shape index (κ2) is 14.0. The first-order valence-corrected chi connectivity index (χ1v) is 15.5. The molecule has 10 nitrogen and oxygen atoms in total. The standard InChI is InChI=1S/C35H34ClN5O5/c1-43-26-5-2-23(3-6-26)20-45-32-7-4-25(15-29(32)36)40-35-24(18-37)19-39-30-17-33(46-27-10-13-44-21-27)31(16-28(30)35)41-11-8-22(9-12-41)14-34(38)42/h2-7,14-17,19,27H,8-13,20-21H2,1H3,(H2,38,42)(H,39,40). The van der Waals surface area contributed by atoms with Crippen LogP contribution in [0.1, 0.15) is 30.4 Å². The third kappa shape index (κ3) is 7.12. The maximum atomic E-state index is 11.5. The molecule has 236 valence electrons. The molecule has 3 aromatic carbocycles. The smallest absolute Gasteiger partial charge is 0.241 e. The van der Waals surface area contributed by atoms with Crippen LogP contribution in [0.3, 0.4) is 0 Å². The number of fused-ring (bicyclic) bond motifs is 1. The molecule has 2 aliphatic rings. The number of methoxy groups -OCH3 is 1. The first kappa shape index (κ1) is 31.0. The molecule has 1 amide bonds. The number of halogens is 1. The zero-order valence-corrected chi connectivity index (χ0v) is 26.2. The predicted molar refractivity (Wildman–Crippen MR) is 177 cm³/mol. The number of pyridine rings is 1. The van der Waals surface area contributed by atoms with Gasteiger partial charge in [-0.25, -0.2) is 0 Å². The number of carbonyl (C=O) groups excluding carboxylic acids is 1. The fourth-order valence-corrected chi connectivity index (χ4v) is 5.89. The van der Waals surface area contributed by atoms with Crippen molar-refractivity contribution in [2.24, 2.45) is 5.73 Å². The van der Waals surface area contributed by atoms with Gasteiger partial charge in [-0.15, -0.1) is 0 Å². The first-order chi connectivity index (χ1) is 22.4. The lowest BCUT2D eigenvalue weighted by molar-refractivity contribution is -0.113. The van der Waals surface area contributed by atoms with Gasteiger partial charge in [-0.3, -0.25) is 9.78 Å². The van der Waals surface area contributed by atoms with Gasteiger partial charge in [-0.05, 0) is 54.8 Å². The number of anilines is 3. The minimum absolute atomic E-state index is 0.0603. The van der Waals surface area contributed by atoms with E-state index in [0.717, 1.165) is 34.4 Å². The molecule has 2 saturated heterocycles. The number of ether oxygens (including phenoxy) is 4. The van der Waals surface area contributed by atoms with Crippen molar-refractivity contribution in [3.8, 4) is 23.3 Å². The molecule has 1 aromatic heterocycles. The zero-order chi connectivity index (χ0) is 32.0. The number of nitrogens with two attached hydrogens (primary N) is 1. The van der Waals surface area contributed by atoms with Gasteiger partial charge < -0.3 is 34.9 Å². The molecule has 1 atom stereocenters. The number of rotatable bonds is 10. The number of carbonyl (C=O) groups is 1. The molecule has 2 fully saturated rings. The van der Waals surface area contributed by atoms with Crippen molar-refractivity contribution in [3.05, 3.63) is 88.6 Å². The van der Waals surface area contributed by atoms with Gasteiger partial charge >= 0.3 is 0 Å². The van der Waals surface area contributed by atoms with Crippen molar-refractivity contribution >= 4 is 45.5 Å². The average molecular weight is 640 g/mol. The monoisotopic (exact) mass is 639 g/mol. The fraction of sp³-hybridized carbons (Fsp3) is 0.286. The molecule has 3 heterocycles. The molecule has 0 spiro atoms. The van der Waals surface area contributed by atoms with Gasteiger partial charge in [-0.1, -0.05) is 29.3 Å². The molecule has 1 unspecified atom stereocenters. The predicted octanol–water partition coefficient (Wildman–Crippen LogP) is 6.27. The summed E-state index contributed by atoms with van der Waals surface area (Å²) in [5.41, 5.74) is 10.7. The Bertz CT molecular complexity index is 1810. The van der Waals surface area contributed by atoms with E-state index in [-0.39, 0.29) is 6.10 Å². The Balaban J connectivity index is 1.30. The fourth-order valence-electron chi connectivity index (χ4n) is 5.66. The van der Waals surface area contributed by atoms with Crippen LogP contribution in [0, 0.1) is 11.3 Å². The minimum atomic E-state index is -0.429. The third-order valence-corrected chi connectivity index (χ3v) is 8.39. The molecule has 0 saturated carbocycles. The molecular weight excluding hydrogens is 606 g/mol. The maximum absolute atomic E-state index is 11.5. The Morgan fingerprint density at radius 3 is 2.65 bits per heavy atom. The van der Waals surface area contributed by atoms with E-state index in [0.29, 0.717) is 84.7 Å². The molecule has 4 aromatic rings. The van der Waals surface area contributed by atoms with Crippen LogP contribution in [0.25, 0.3) is 10.9 Å². The minimum Gasteiger partial charge on any atom is -0.497 e. The summed E-state index contributed by atoms with van der Waals surface area (Å²) in [5.74, 6) is 1.59. The topological polar surface area (TPSA) is 132 Å². The van der Waals surface area contributed by atoms with Crippen LogP contribution in [0.4, 0.5) is 17.1 Å². The van der Waals surface area contributed by atoms with E-state index in [2.05, 4.69) is 21.3 Å². The lowest BCUT2D eigenvalue weighted by Gasteiger charge is -2.32. The van der Waals surface area contributed by atoms with Gasteiger partial charge in [0.1, 0.15) is 36.0 Å². The Morgan fingerprint density at radius 2 is 1.98 bits per heavy atom. The van der Waals surface area contributed by atoms with Crippen molar-refractivity contribution in [3.63, 3.8) is 0 Å². The first-order valence-electron chi connectivity index (χ1n) is 15.1. The van der Waals surface area contributed by atoms with Gasteiger partial charge in [0, 0.05) is 48.9 Å². The van der Waals surface area contributed by atoms with Crippen molar-refractivity contribution in [2.45, 2.75) is 32.0 Å². The molecule has 46 heavy (non-hydrogen) atoms. The summed E-state index contributed by atoms with van der Waals surface area (Å²) in [6.45, 7) is 2.90. The largest absolute Gasteiger partial charge is 0.497 e. The summed E-state index contributed by atoms with van der Waals surface area (Å²) < 4.78 is 23.2. The molecule has 11 heteroatoms. The van der Waals surface area contributed by atoms with Gasteiger partial charge in [0.05, 0.1) is 47.8 Å². The average Bonchev–Trinajstić information content (AvgIpc) is 3.58. The molecule has 0 aliphatic carbocycles. The van der Waals surface area contributed by atoms with E-state index in [9.17, 15) is 10.1 Å². The number of hydrogen-bond acceptors (Lipinski definition) is 9. The van der Waals surface area contributed by atoms with E-state index in [1.54, 1.807) is 25.4 Å². The summed E-state index contributed by atoms with van der Waals surface area (Å²) in [5, 5.41) is 14.7. The Hall–Kier alpha value is -4.98. The second-order valence-electron chi connectivity index (χ2n) is 11.2. The number of nitriles is 1. The van der Waals surface area contributed by atoms with Crippen molar-refractivity contribution in [1.29, 1.82) is 5.26 Å². The lowest BCUT2D eigenvalue weighted by Crippen LogP contribution is -2.32. The summed E-state index contributed by atoms with van der Waals surface area (Å²) in [7, 11) is 1.63. The van der Waals surface area contributed by atoms with E-state index in [4.69, 9.17) is 36.3 Å². The van der Waals surface area contributed by atoms with Gasteiger partial charge in [0.15, 0.2) is 0 Å². The Kier molecular flexibility index (Phi) is 9.43. The van der Waals surface area contributed by atoms with E-state index < -0.39 is 5.91 Å². The summed E-state index contributed by atoms with van der Waals surface area (Å²) >= 11 is 6.64. The summed E-state index contributed by atoms with van der Waals surface area (Å²) in [6.07, 6.45) is 5.24. The van der Waals surface area contributed by atoms with Crippen LogP contribution in [-0.4, -0.2) is 50.4 Å². The maximum Gasteiger partial charge on any atom is 0.241 e. The van der Waals surface area contributed by atoms with Crippen molar-refractivity contribution in [2.75, 3.05) is 43.6 Å². The van der Waals surface area contributed by atoms with E-state index in [1.807, 2.05) is 42.5 Å². The number of nitrogens with zero attached hydrogens (tertiary/aromatic N) is 3. The summed E-state index contributed by atoms with van der Waals surface area (Å²) in [6, 6.07) is 19.3. The Morgan fingerprint density at radius 1 is 1.17 bits per heavy atom. The lowest BCUT2D eigenvalue weighted by atomic mass is 10.0. The number of primary amides is 1. The van der Waals surface area contributed by atoms with Crippen LogP contribution in [0.5, 0.6) is 17.2 Å². The van der Waals surface area contributed by atoms with Crippen molar-refractivity contribution < 1.29 is 23.7 Å². The molecular formula is C35H34ClN5O5. The normalized spacial score (nSPS) is 16.2. The highest BCUT2D eigenvalue weighted by molar-refractivity contribution is 6.32. The number of hydrogen-bond donors (Lipinski definition) is 2. The van der Waals surface area contributed by atoms with Gasteiger partial charge in [-0.2, -0.15) is 5.26 Å². The van der Waals surface area contributed by atoms with Gasteiger partial charge in [0.2, 0.25) is 5.91 Å². The summed E-state index contributed by atoms with van der Waals surface area (Å²) in [4.78, 5) is 18.3. The number of amides is 1. The molecule has 3 N–H and O–H groups in total. The second-order valence-corrected chi connectivity index (χ2v) is 11.6. The van der Waals surface area contributed by atoms with Crippen molar-refractivity contribution in [1.82, 2.24) is 4.98 Å². The van der Waals surface area contributed by atoms with Crippen LogP contribution in [-0.2, 0) is 16.1 Å². The Labute approximate surface area is 272 Å². The molecule has 6 rings (SSSR count). The van der Waals surface area contributed by atoms with Crippen LogP contribution in [0.2, 0.25) is 5.02 Å². The number of nitrogens with one attached hydrogen (secondary N) is 1. The third-order valence-electron chi connectivity index (χ3n) is 8.10. The molecule has 0 bridgehead atoms. The number of piperidine rings is 1. The van der Waals surface area contributed by atoms with E-state index >= 15 is 0 Å². The molecule has 0 radical (unpaired) electrons. The van der Waals surface area contributed by atoms with E-state index in [1.165, 1.54) is 6.08 Å². The van der Waals surface area contributed by atoms with Gasteiger partial charge in [0.25, 0.3) is 0 Å². The number of benzene rings is 3. The van der Waals surface area contributed by atoms with Crippen LogP contribution < -0.4 is 30.2 Å². The highest BCUT2D eigenvalue weighted by Gasteiger charge is 2.24. The highest BCUT2D eigenvalue weighted by atomic mass is 35.5. The van der Waals surface area contributed by atoms with Crippen LogP contribution in [0.15, 0.2) is 72.4 Å².